The third-order valence-corrected chi connectivity index (χ3v) is 18.9. The van der Waals surface area contributed by atoms with E-state index in [0.717, 1.165) is 16.7 Å². The highest BCUT2D eigenvalue weighted by Crippen LogP contribution is 2.54. The molecule has 7 atom stereocenters. The number of aryl methyl sites for hydroxylation is 1. The van der Waals surface area contributed by atoms with Gasteiger partial charge in [0, 0.05) is 81.5 Å². The molecule has 6 heterocycles. The standard InChI is InChI=1S/C70H89N11O12/c1-9-71-66(88)63-76-75-62(52-36-51(44(6)7)58(82)37-59(52)83)80(63)49-22-20-47(21-23-49)67(89)78-27-25-46(26-28-78)40-92-69(91)79-31-29-77(30-32-79)38-60(84)72-53(24-19-45-15-11-10-12-16-45)64(86)73-54(33-42(2)3)65(87)74-55-35-48-17-13-14-18-50(48)57-39-81(57,68(55)90)56(34-43(4)5)61(85)70(8)41-93-70/h10-18,20-23,36-37,42-44,46,53-57H,9,19,24-35,38-41H2,1-8H3,(H5-,71,72,73,74,75,82,83,84,86,87,88)/p+1. The van der Waals surface area contributed by atoms with Crippen LogP contribution in [0, 0.1) is 17.8 Å². The third-order valence-electron chi connectivity index (χ3n) is 18.9. The minimum Gasteiger partial charge on any atom is -0.508 e. The molecule has 7 amide bonds. The molecule has 5 aromatic rings. The minimum absolute atomic E-state index is 0.0259. The molecule has 0 spiro atoms. The molecule has 6 N–H and O–H groups in total. The largest absolute Gasteiger partial charge is 0.508 e. The number of epoxide rings is 1. The fourth-order valence-corrected chi connectivity index (χ4v) is 13.5. The second-order valence-electron chi connectivity index (χ2n) is 27.0. The first-order valence-corrected chi connectivity index (χ1v) is 32.9. The number of aromatic hydroxyl groups is 2. The minimum atomic E-state index is -1.05. The number of hydrogen-bond acceptors (Lipinski definition) is 15. The number of ether oxygens (including phenoxy) is 2. The van der Waals surface area contributed by atoms with Gasteiger partial charge in [-0.3, -0.25) is 38.2 Å². The van der Waals surface area contributed by atoms with Crippen LogP contribution in [-0.4, -0.2) is 193 Å². The van der Waals surface area contributed by atoms with Gasteiger partial charge in [0.2, 0.25) is 29.3 Å². The molecule has 5 aliphatic heterocycles. The van der Waals surface area contributed by atoms with Crippen molar-refractivity contribution in [2.75, 3.05) is 72.1 Å². The summed E-state index contributed by atoms with van der Waals surface area (Å²) >= 11 is 0. The molecule has 0 radical (unpaired) electrons. The second-order valence-corrected chi connectivity index (χ2v) is 27.0. The van der Waals surface area contributed by atoms with Crippen molar-refractivity contribution < 1.29 is 62.5 Å². The number of Topliss-reactive ketones (excluding diaryl/α,β-unsaturated/α-hetero) is 1. The maximum Gasteiger partial charge on any atom is 0.409 e. The Morgan fingerprint density at radius 1 is 0.774 bits per heavy atom. The van der Waals surface area contributed by atoms with E-state index >= 15 is 4.79 Å². The lowest BCUT2D eigenvalue weighted by atomic mass is 9.91. The summed E-state index contributed by atoms with van der Waals surface area (Å²) in [5.41, 5.74) is 3.67. The van der Waals surface area contributed by atoms with Crippen molar-refractivity contribution in [3.8, 4) is 28.6 Å². The monoisotopic (exact) mass is 1280 g/mol. The van der Waals surface area contributed by atoms with E-state index in [0.29, 0.717) is 101 Å². The summed E-state index contributed by atoms with van der Waals surface area (Å²) in [6, 6.07) is 23.1. The Morgan fingerprint density at radius 3 is 2.11 bits per heavy atom. The Kier molecular flexibility index (Phi) is 20.8. The van der Waals surface area contributed by atoms with E-state index in [9.17, 15) is 43.8 Å². The van der Waals surface area contributed by atoms with Crippen LogP contribution in [0.4, 0.5) is 4.79 Å². The second kappa shape index (κ2) is 28.8. The summed E-state index contributed by atoms with van der Waals surface area (Å²) < 4.78 is 12.9. The molecule has 4 aromatic carbocycles. The summed E-state index contributed by atoms with van der Waals surface area (Å²) in [7, 11) is 0. The van der Waals surface area contributed by atoms with E-state index in [2.05, 4.69) is 31.5 Å². The van der Waals surface area contributed by atoms with Crippen LogP contribution in [0.2, 0.25) is 0 Å². The number of fused-ring (bicyclic) bond motifs is 3. The molecular weight excluding hydrogens is 1190 g/mol. The number of nitrogens with one attached hydrogen (secondary N) is 4. The van der Waals surface area contributed by atoms with Crippen molar-refractivity contribution in [1.82, 2.24) is 50.7 Å². The number of piperazine rings is 1. The Balaban J connectivity index is 0.714. The highest BCUT2D eigenvalue weighted by molar-refractivity contribution is 5.98. The Bertz CT molecular complexity index is 3570. The van der Waals surface area contributed by atoms with Crippen LogP contribution >= 0.6 is 0 Å². The zero-order chi connectivity index (χ0) is 66.5. The van der Waals surface area contributed by atoms with Crippen LogP contribution < -0.4 is 21.3 Å². The average Bonchev–Trinajstić information content (AvgIpc) is 1.52. The Hall–Kier alpha value is -8.54. The number of phenols is 2. The lowest BCUT2D eigenvalue weighted by Gasteiger charge is -2.35. The van der Waals surface area contributed by atoms with Gasteiger partial charge in [-0.15, -0.1) is 10.2 Å². The van der Waals surface area contributed by atoms with Crippen molar-refractivity contribution in [2.45, 2.75) is 142 Å². The molecule has 0 aliphatic carbocycles. The van der Waals surface area contributed by atoms with Gasteiger partial charge in [0.05, 0.1) is 25.3 Å². The van der Waals surface area contributed by atoms with Gasteiger partial charge in [0.1, 0.15) is 36.2 Å². The van der Waals surface area contributed by atoms with Gasteiger partial charge in [0.25, 0.3) is 11.8 Å². The molecule has 5 aliphatic rings. The molecule has 23 nitrogen and oxygen atoms in total. The van der Waals surface area contributed by atoms with Crippen molar-refractivity contribution in [2.24, 2.45) is 17.8 Å². The lowest BCUT2D eigenvalue weighted by molar-refractivity contribution is -0.758. The first-order valence-electron chi connectivity index (χ1n) is 32.9. The van der Waals surface area contributed by atoms with Crippen molar-refractivity contribution in [3.63, 3.8) is 0 Å². The van der Waals surface area contributed by atoms with E-state index in [1.165, 1.54) is 10.6 Å². The van der Waals surface area contributed by atoms with Crippen LogP contribution in [0.25, 0.3) is 17.1 Å². The fraction of sp³-hybridized carbons (Fsp3) is 0.514. The number of carbonyl (C=O) groups excluding carboxylic acids is 8. The van der Waals surface area contributed by atoms with Gasteiger partial charge < -0.3 is 50.8 Å². The Labute approximate surface area is 543 Å². The number of rotatable bonds is 25. The predicted octanol–water partition coefficient (Wildman–Crippen LogP) is 6.39. The number of carbonyl (C=O) groups is 8. The Morgan fingerprint density at radius 2 is 1.45 bits per heavy atom. The SMILES string of the molecule is CCNC(=O)c1nnc(-c2cc(C(C)C)c(O)cc2O)n1-c1ccc(C(=O)N2CCC(COC(=O)N3CCN(CC(=O)NC(CCc4ccccc4)C(=O)NC(CC(C)C)C(=O)NC4Cc5ccccc5C5C[N+]5(C(CC(C)C)C(=O)C5(C)CO5)C4=O)CC3)CC2)cc1. The van der Waals surface area contributed by atoms with Crippen molar-refractivity contribution in [3.05, 3.63) is 125 Å². The number of benzene rings is 4. The van der Waals surface area contributed by atoms with Crippen molar-refractivity contribution >= 4 is 47.3 Å². The summed E-state index contributed by atoms with van der Waals surface area (Å²) in [5.74, 6) is -2.60. The number of aromatic nitrogens is 3. The topological polar surface area (TPSA) is 287 Å². The lowest BCUT2D eigenvalue weighted by Crippen LogP contribution is -2.61. The molecule has 23 heteroatoms. The number of piperidine rings is 1. The summed E-state index contributed by atoms with van der Waals surface area (Å²) in [4.78, 5) is 118. The fourth-order valence-electron chi connectivity index (χ4n) is 13.5. The molecule has 496 valence electrons. The van der Waals surface area contributed by atoms with Gasteiger partial charge >= 0.3 is 12.0 Å². The molecular formula is C70H90N11O12+. The van der Waals surface area contributed by atoms with Gasteiger partial charge in [-0.05, 0) is 117 Å². The zero-order valence-electron chi connectivity index (χ0n) is 54.7. The normalized spacial score (nSPS) is 21.4. The van der Waals surface area contributed by atoms with Gasteiger partial charge in [-0.2, -0.15) is 0 Å². The molecule has 7 unspecified atom stereocenters. The van der Waals surface area contributed by atoms with Crippen LogP contribution in [0.1, 0.15) is 143 Å². The van der Waals surface area contributed by atoms with E-state index in [4.69, 9.17) is 9.47 Å². The first-order chi connectivity index (χ1) is 44.5. The number of likely N-dealkylation sites (tertiary alicyclic amines) is 1. The quantitative estimate of drug-likeness (QED) is 0.0273. The number of ketones is 1. The number of nitrogens with zero attached hydrogens (tertiary/aromatic N) is 7. The van der Waals surface area contributed by atoms with E-state index in [1.807, 2.05) is 101 Å². The van der Waals surface area contributed by atoms with E-state index in [-0.39, 0.29) is 113 Å². The first kappa shape index (κ1) is 67.4. The van der Waals surface area contributed by atoms with Crippen molar-refractivity contribution in [1.29, 1.82) is 0 Å². The van der Waals surface area contributed by atoms with Gasteiger partial charge in [0.15, 0.2) is 23.5 Å². The summed E-state index contributed by atoms with van der Waals surface area (Å²) in [6.45, 7) is 18.8. The molecule has 93 heavy (non-hydrogen) atoms. The summed E-state index contributed by atoms with van der Waals surface area (Å²) in [5, 5.41) is 41.7. The summed E-state index contributed by atoms with van der Waals surface area (Å²) in [6.07, 6.45) is 2.42. The molecule has 4 fully saturated rings. The average molecular weight is 1280 g/mol. The number of phenolic OH excluding ortho intramolecular Hbond substituents is 2. The maximum atomic E-state index is 15.2. The van der Waals surface area contributed by atoms with Crippen LogP contribution in [0.5, 0.6) is 11.5 Å². The molecule has 0 saturated carbocycles. The van der Waals surface area contributed by atoms with Crippen LogP contribution in [0.15, 0.2) is 91.0 Å². The molecule has 10 rings (SSSR count). The van der Waals surface area contributed by atoms with Gasteiger partial charge in [-0.1, -0.05) is 96.1 Å². The molecule has 0 bridgehead atoms. The zero-order valence-corrected chi connectivity index (χ0v) is 54.7. The van der Waals surface area contributed by atoms with Crippen LogP contribution in [0.3, 0.4) is 0 Å². The van der Waals surface area contributed by atoms with E-state index in [1.54, 1.807) is 54.0 Å². The number of hydrogen-bond donors (Lipinski definition) is 6. The predicted molar refractivity (Wildman–Crippen MR) is 346 cm³/mol. The molecule has 4 saturated heterocycles. The number of amides is 7. The van der Waals surface area contributed by atoms with Gasteiger partial charge in [-0.25, -0.2) is 14.1 Å². The third kappa shape index (κ3) is 15.3. The highest BCUT2D eigenvalue weighted by Gasteiger charge is 2.72. The highest BCUT2D eigenvalue weighted by atomic mass is 16.6. The maximum absolute atomic E-state index is 15.2. The smallest absolute Gasteiger partial charge is 0.409 e. The number of quaternary nitrogens is 1. The van der Waals surface area contributed by atoms with E-state index < -0.39 is 59.5 Å². The van der Waals surface area contributed by atoms with Crippen LogP contribution in [-0.2, 0) is 46.3 Å². The molecule has 1 aromatic heterocycles.